The van der Waals surface area contributed by atoms with Gasteiger partial charge in [-0.1, -0.05) is 36.5 Å². The van der Waals surface area contributed by atoms with E-state index in [1.54, 1.807) is 29.5 Å². The second kappa shape index (κ2) is 10.2. The van der Waals surface area contributed by atoms with Crippen LogP contribution in [0.3, 0.4) is 0 Å². The van der Waals surface area contributed by atoms with Crippen LogP contribution in [0.15, 0.2) is 29.8 Å². The second-order valence-electron chi connectivity index (χ2n) is 8.41. The molecular formula is C26H22Cl2N4O2S2. The third-order valence-corrected chi connectivity index (χ3v) is 8.41. The predicted octanol–water partition coefficient (Wildman–Crippen LogP) is 6.43. The molecule has 36 heavy (non-hydrogen) atoms. The van der Waals surface area contributed by atoms with E-state index in [0.29, 0.717) is 21.8 Å². The van der Waals surface area contributed by atoms with E-state index in [0.717, 1.165) is 34.8 Å². The number of carbonyl (C=O) groups is 2. The number of nitrogens with one attached hydrogen (secondary N) is 1. The number of nitrogens with zero attached hydrogens (tertiary/aromatic N) is 3. The van der Waals surface area contributed by atoms with Gasteiger partial charge in [-0.25, -0.2) is 0 Å². The number of hydrogen-bond acceptors (Lipinski definition) is 5. The molecule has 184 valence electrons. The Kier molecular flexibility index (Phi) is 7.39. The molecule has 1 fully saturated rings. The van der Waals surface area contributed by atoms with Crippen molar-refractivity contribution in [3.05, 3.63) is 72.8 Å². The summed E-state index contributed by atoms with van der Waals surface area (Å²) in [5.41, 5.74) is 4.37. The summed E-state index contributed by atoms with van der Waals surface area (Å²) in [7, 11) is 0. The molecule has 3 heterocycles. The number of thiophene rings is 1. The van der Waals surface area contributed by atoms with Crippen LogP contribution in [0.25, 0.3) is 11.1 Å². The lowest BCUT2D eigenvalue weighted by Gasteiger charge is -2.29. The van der Waals surface area contributed by atoms with E-state index in [4.69, 9.17) is 35.4 Å². The van der Waals surface area contributed by atoms with Gasteiger partial charge >= 0.3 is 0 Å². The van der Waals surface area contributed by atoms with E-state index in [9.17, 15) is 14.9 Å². The van der Waals surface area contributed by atoms with Crippen LogP contribution in [0.2, 0.25) is 10.0 Å². The van der Waals surface area contributed by atoms with E-state index in [1.165, 1.54) is 15.8 Å². The lowest BCUT2D eigenvalue weighted by Crippen LogP contribution is -2.54. The second-order valence-corrected chi connectivity index (χ2v) is 10.7. The highest BCUT2D eigenvalue weighted by molar-refractivity contribution is 7.80. The molecule has 1 aromatic carbocycles. The van der Waals surface area contributed by atoms with Gasteiger partial charge in [0.15, 0.2) is 5.11 Å². The summed E-state index contributed by atoms with van der Waals surface area (Å²) in [6.07, 6.45) is 3.45. The molecule has 4 rings (SSSR count). The SMILES string of the molecule is CCCc1sc(-n2c(C)cc(C=C3C(=O)NC(=S)N(c4ccc(Cl)c(Cl)c4)C3=O)c2C)c(C#N)c1C. The molecule has 1 saturated heterocycles. The van der Waals surface area contributed by atoms with Crippen molar-refractivity contribution in [1.82, 2.24) is 9.88 Å². The minimum absolute atomic E-state index is 0.0396. The first kappa shape index (κ1) is 26.1. The smallest absolute Gasteiger partial charge is 0.270 e. The number of carbonyl (C=O) groups excluding carboxylic acids is 2. The Bertz CT molecular complexity index is 1510. The van der Waals surface area contributed by atoms with Gasteiger partial charge in [-0.15, -0.1) is 11.3 Å². The van der Waals surface area contributed by atoms with Gasteiger partial charge in [-0.2, -0.15) is 5.26 Å². The fourth-order valence-electron chi connectivity index (χ4n) is 4.22. The summed E-state index contributed by atoms with van der Waals surface area (Å²) >= 11 is 19.0. The molecule has 6 nitrogen and oxygen atoms in total. The maximum Gasteiger partial charge on any atom is 0.270 e. The van der Waals surface area contributed by atoms with Crippen molar-refractivity contribution in [2.75, 3.05) is 4.90 Å². The minimum atomic E-state index is -0.582. The number of anilines is 1. The van der Waals surface area contributed by atoms with E-state index in [2.05, 4.69) is 18.3 Å². The molecule has 0 radical (unpaired) electrons. The van der Waals surface area contributed by atoms with Crippen molar-refractivity contribution in [3.63, 3.8) is 0 Å². The largest absolute Gasteiger partial charge is 0.308 e. The van der Waals surface area contributed by atoms with Crippen molar-refractivity contribution in [2.24, 2.45) is 0 Å². The maximum atomic E-state index is 13.4. The summed E-state index contributed by atoms with van der Waals surface area (Å²) < 4.78 is 2.01. The highest BCUT2D eigenvalue weighted by Crippen LogP contribution is 2.36. The van der Waals surface area contributed by atoms with E-state index >= 15 is 0 Å². The third kappa shape index (κ3) is 4.48. The molecule has 1 aliphatic rings. The zero-order valence-corrected chi connectivity index (χ0v) is 23.2. The average molecular weight is 558 g/mol. The first-order valence-corrected chi connectivity index (χ1v) is 13.1. The molecule has 0 aliphatic carbocycles. The Morgan fingerprint density at radius 3 is 2.53 bits per heavy atom. The van der Waals surface area contributed by atoms with Crippen molar-refractivity contribution in [2.45, 2.75) is 40.5 Å². The van der Waals surface area contributed by atoms with Gasteiger partial charge in [-0.05, 0) is 80.9 Å². The van der Waals surface area contributed by atoms with Gasteiger partial charge in [0, 0.05) is 16.3 Å². The molecule has 2 amide bonds. The number of nitriles is 1. The van der Waals surface area contributed by atoms with Crippen LogP contribution in [0.4, 0.5) is 5.69 Å². The topological polar surface area (TPSA) is 78.1 Å². The standard InChI is InChI=1S/C26H22Cl2N4O2S2/c1-5-6-22-14(3)19(12-29)25(36-22)31-13(2)9-16(15(31)4)10-18-23(33)30-26(35)32(24(18)34)17-7-8-20(27)21(28)11-17/h7-11H,5-6H2,1-4H3,(H,30,33,35). The van der Waals surface area contributed by atoms with Crippen molar-refractivity contribution in [1.29, 1.82) is 5.26 Å². The van der Waals surface area contributed by atoms with Crippen LogP contribution in [0.5, 0.6) is 0 Å². The lowest BCUT2D eigenvalue weighted by molar-refractivity contribution is -0.122. The van der Waals surface area contributed by atoms with E-state index < -0.39 is 11.8 Å². The zero-order valence-electron chi connectivity index (χ0n) is 20.0. The molecule has 2 aromatic heterocycles. The summed E-state index contributed by atoms with van der Waals surface area (Å²) in [6.45, 7) is 7.93. The number of halogens is 2. The lowest BCUT2D eigenvalue weighted by atomic mass is 10.1. The molecule has 0 atom stereocenters. The normalized spacial score (nSPS) is 15.0. The quantitative estimate of drug-likeness (QED) is 0.223. The van der Waals surface area contributed by atoms with E-state index in [-0.39, 0.29) is 15.7 Å². The molecule has 0 spiro atoms. The van der Waals surface area contributed by atoms with Crippen LogP contribution in [0.1, 0.15) is 46.3 Å². The van der Waals surface area contributed by atoms with Gasteiger partial charge in [0.2, 0.25) is 0 Å². The fourth-order valence-corrected chi connectivity index (χ4v) is 6.26. The van der Waals surface area contributed by atoms with Crippen LogP contribution in [0, 0.1) is 32.1 Å². The Hall–Kier alpha value is -2.96. The van der Waals surface area contributed by atoms with Crippen LogP contribution in [-0.2, 0) is 16.0 Å². The number of amides is 2. The highest BCUT2D eigenvalue weighted by Gasteiger charge is 2.35. The molecule has 1 N–H and O–H groups in total. The maximum absolute atomic E-state index is 13.4. The number of hydrogen-bond donors (Lipinski definition) is 1. The number of thiocarbonyl (C=S) groups is 1. The highest BCUT2D eigenvalue weighted by atomic mass is 35.5. The molecular weight excluding hydrogens is 535 g/mol. The Balaban J connectivity index is 1.79. The third-order valence-electron chi connectivity index (χ3n) is 6.05. The van der Waals surface area contributed by atoms with Gasteiger partial charge in [0.05, 0.1) is 21.3 Å². The molecule has 0 saturated carbocycles. The number of aromatic nitrogens is 1. The van der Waals surface area contributed by atoms with Crippen LogP contribution < -0.4 is 10.2 Å². The van der Waals surface area contributed by atoms with Crippen molar-refractivity contribution < 1.29 is 9.59 Å². The Morgan fingerprint density at radius 1 is 1.17 bits per heavy atom. The summed E-state index contributed by atoms with van der Waals surface area (Å²) in [5, 5.41) is 13.8. The Morgan fingerprint density at radius 2 is 1.89 bits per heavy atom. The van der Waals surface area contributed by atoms with Gasteiger partial charge in [-0.3, -0.25) is 19.8 Å². The molecule has 0 unspecified atom stereocenters. The minimum Gasteiger partial charge on any atom is -0.308 e. The first-order chi connectivity index (χ1) is 17.1. The number of rotatable bonds is 5. The number of aryl methyl sites for hydroxylation is 2. The predicted molar refractivity (Wildman–Crippen MR) is 149 cm³/mol. The summed E-state index contributed by atoms with van der Waals surface area (Å²) in [6, 6.07) is 8.94. The average Bonchev–Trinajstić information content (AvgIpc) is 3.27. The van der Waals surface area contributed by atoms with Gasteiger partial charge in [0.25, 0.3) is 11.8 Å². The number of benzene rings is 1. The molecule has 10 heteroatoms. The monoisotopic (exact) mass is 556 g/mol. The van der Waals surface area contributed by atoms with Crippen LogP contribution in [-0.4, -0.2) is 21.5 Å². The van der Waals surface area contributed by atoms with E-state index in [1.807, 2.05) is 31.4 Å². The first-order valence-electron chi connectivity index (χ1n) is 11.2. The van der Waals surface area contributed by atoms with Crippen molar-refractivity contribution in [3.8, 4) is 11.1 Å². The van der Waals surface area contributed by atoms with Crippen molar-refractivity contribution >= 4 is 75.4 Å². The molecule has 3 aromatic rings. The fraction of sp³-hybridized carbons (Fsp3) is 0.231. The van der Waals surface area contributed by atoms with Crippen LogP contribution >= 0.6 is 46.8 Å². The molecule has 1 aliphatic heterocycles. The summed E-state index contributed by atoms with van der Waals surface area (Å²) in [5.74, 6) is -1.15. The van der Waals surface area contributed by atoms with Gasteiger partial charge in [0.1, 0.15) is 16.6 Å². The summed E-state index contributed by atoms with van der Waals surface area (Å²) in [4.78, 5) is 28.6. The van der Waals surface area contributed by atoms with Gasteiger partial charge < -0.3 is 4.57 Å². The molecule has 0 bridgehead atoms. The zero-order chi connectivity index (χ0) is 26.3. The Labute approximate surface area is 228 Å².